The van der Waals surface area contributed by atoms with Crippen LogP contribution in [-0.2, 0) is 4.79 Å². The molecule has 2 heterocycles. The maximum Gasteiger partial charge on any atom is 0.136 e. The number of hydrogen-bond acceptors (Lipinski definition) is 4. The van der Waals surface area contributed by atoms with Crippen molar-refractivity contribution >= 4 is 5.78 Å². The van der Waals surface area contributed by atoms with E-state index in [1.807, 2.05) is 0 Å². The Hall–Kier alpha value is -0.450. The Morgan fingerprint density at radius 2 is 1.55 bits per heavy atom. The second-order valence-electron chi connectivity index (χ2n) is 7.02. The number of carbonyl (C=O) groups is 1. The average molecular weight is 281 g/mol. The Labute approximate surface area is 124 Å². The lowest BCUT2D eigenvalue weighted by atomic mass is 9.88. The van der Waals surface area contributed by atoms with E-state index in [1.54, 1.807) is 0 Å². The van der Waals surface area contributed by atoms with E-state index < -0.39 is 0 Å². The zero-order valence-corrected chi connectivity index (χ0v) is 13.5. The van der Waals surface area contributed by atoms with Crippen LogP contribution in [0.4, 0.5) is 0 Å². The van der Waals surface area contributed by atoms with Gasteiger partial charge >= 0.3 is 0 Å². The van der Waals surface area contributed by atoms with Gasteiger partial charge in [0, 0.05) is 51.6 Å². The van der Waals surface area contributed by atoms with Crippen LogP contribution in [0.25, 0.3) is 0 Å². The Morgan fingerprint density at radius 1 is 1.00 bits per heavy atom. The summed E-state index contributed by atoms with van der Waals surface area (Å²) in [6, 6.07) is 0. The molecule has 0 radical (unpaired) electrons. The van der Waals surface area contributed by atoms with Crippen molar-refractivity contribution in [3.05, 3.63) is 0 Å². The molecule has 2 aliphatic heterocycles. The first-order chi connectivity index (χ1) is 9.54. The lowest BCUT2D eigenvalue weighted by Crippen LogP contribution is -2.50. The molecule has 2 fully saturated rings. The third-order valence-corrected chi connectivity index (χ3v) is 4.65. The third kappa shape index (κ3) is 4.83. The van der Waals surface area contributed by atoms with Crippen molar-refractivity contribution in [1.29, 1.82) is 0 Å². The summed E-state index contributed by atoms with van der Waals surface area (Å²) in [5.74, 6) is 1.34. The van der Waals surface area contributed by atoms with Crippen molar-refractivity contribution in [2.24, 2.45) is 11.8 Å². The van der Waals surface area contributed by atoms with E-state index in [-0.39, 0.29) is 0 Å². The fourth-order valence-electron chi connectivity index (χ4n) is 3.24. The van der Waals surface area contributed by atoms with E-state index in [0.717, 1.165) is 39.0 Å². The molecular formula is C16H31N3O. The Balaban J connectivity index is 1.67. The van der Waals surface area contributed by atoms with Gasteiger partial charge in [0.2, 0.25) is 0 Å². The highest BCUT2D eigenvalue weighted by molar-refractivity contribution is 5.81. The highest BCUT2D eigenvalue weighted by Crippen LogP contribution is 2.21. The standard InChI is InChI=1S/C16H31N3O/c1-14(2)12-16(20)15-4-6-18(7-5-15)13-19-10-8-17(3)9-11-19/h14-15H,4-13H2,1-3H3. The van der Waals surface area contributed by atoms with Crippen molar-refractivity contribution in [2.45, 2.75) is 33.1 Å². The van der Waals surface area contributed by atoms with Gasteiger partial charge in [0.05, 0.1) is 6.67 Å². The highest BCUT2D eigenvalue weighted by Gasteiger charge is 2.26. The van der Waals surface area contributed by atoms with E-state index in [4.69, 9.17) is 0 Å². The Kier molecular flexibility index (Phi) is 6.00. The fraction of sp³-hybridized carbons (Fsp3) is 0.938. The van der Waals surface area contributed by atoms with E-state index in [1.165, 1.54) is 26.2 Å². The number of piperidine rings is 1. The molecule has 0 aromatic rings. The van der Waals surface area contributed by atoms with Gasteiger partial charge in [-0.2, -0.15) is 0 Å². The Bertz CT molecular complexity index is 303. The number of Topliss-reactive ketones (excluding diaryl/α,β-unsaturated/α-hetero) is 1. The minimum Gasteiger partial charge on any atom is -0.304 e. The van der Waals surface area contributed by atoms with Gasteiger partial charge in [-0.25, -0.2) is 0 Å². The van der Waals surface area contributed by atoms with Crippen LogP contribution in [0.1, 0.15) is 33.1 Å². The summed E-state index contributed by atoms with van der Waals surface area (Å²) in [4.78, 5) is 19.6. The first-order valence-corrected chi connectivity index (χ1v) is 8.20. The predicted molar refractivity (Wildman–Crippen MR) is 82.7 cm³/mol. The summed E-state index contributed by atoms with van der Waals surface area (Å²) in [5, 5.41) is 0. The molecule has 0 aromatic carbocycles. The average Bonchev–Trinajstić information content (AvgIpc) is 2.41. The quantitative estimate of drug-likeness (QED) is 0.763. The number of carbonyl (C=O) groups excluding carboxylic acids is 1. The molecule has 2 aliphatic rings. The van der Waals surface area contributed by atoms with Gasteiger partial charge < -0.3 is 4.90 Å². The maximum absolute atomic E-state index is 12.1. The molecule has 4 nitrogen and oxygen atoms in total. The SMILES string of the molecule is CC(C)CC(=O)C1CCN(CN2CCN(C)CC2)CC1. The lowest BCUT2D eigenvalue weighted by Gasteiger charge is -2.38. The molecular weight excluding hydrogens is 250 g/mol. The molecule has 2 saturated heterocycles. The van der Waals surface area contributed by atoms with Crippen LogP contribution in [0.5, 0.6) is 0 Å². The second kappa shape index (κ2) is 7.53. The number of rotatable bonds is 5. The maximum atomic E-state index is 12.1. The van der Waals surface area contributed by atoms with E-state index in [9.17, 15) is 4.79 Å². The molecule has 20 heavy (non-hydrogen) atoms. The highest BCUT2D eigenvalue weighted by atomic mass is 16.1. The molecule has 0 aromatic heterocycles. The molecule has 0 bridgehead atoms. The molecule has 0 N–H and O–H groups in total. The minimum atomic E-state index is 0.334. The first kappa shape index (κ1) is 15.9. The summed E-state index contributed by atoms with van der Waals surface area (Å²) in [6.45, 7) is 12.3. The van der Waals surface area contributed by atoms with Crippen molar-refractivity contribution in [1.82, 2.24) is 14.7 Å². The van der Waals surface area contributed by atoms with Crippen LogP contribution in [0.3, 0.4) is 0 Å². The number of nitrogens with zero attached hydrogens (tertiary/aromatic N) is 3. The monoisotopic (exact) mass is 281 g/mol. The van der Waals surface area contributed by atoms with Crippen LogP contribution in [0.15, 0.2) is 0 Å². The first-order valence-electron chi connectivity index (χ1n) is 8.20. The molecule has 0 amide bonds. The minimum absolute atomic E-state index is 0.334. The smallest absolute Gasteiger partial charge is 0.136 e. The van der Waals surface area contributed by atoms with Gasteiger partial charge in [0.1, 0.15) is 5.78 Å². The van der Waals surface area contributed by atoms with Gasteiger partial charge in [-0.3, -0.25) is 14.6 Å². The number of likely N-dealkylation sites (N-methyl/N-ethyl adjacent to an activating group) is 1. The lowest BCUT2D eigenvalue weighted by molar-refractivity contribution is -0.125. The summed E-state index contributed by atoms with van der Waals surface area (Å²) in [5.41, 5.74) is 0. The molecule has 0 atom stereocenters. The molecule has 0 aliphatic carbocycles. The molecule has 0 saturated carbocycles. The number of piperazine rings is 1. The summed E-state index contributed by atoms with van der Waals surface area (Å²) in [6.07, 6.45) is 2.90. The van der Waals surface area contributed by atoms with Gasteiger partial charge in [0.15, 0.2) is 0 Å². The van der Waals surface area contributed by atoms with E-state index in [2.05, 4.69) is 35.6 Å². The van der Waals surface area contributed by atoms with Gasteiger partial charge in [0.25, 0.3) is 0 Å². The van der Waals surface area contributed by atoms with Crippen LogP contribution in [0, 0.1) is 11.8 Å². The second-order valence-corrected chi connectivity index (χ2v) is 7.02. The van der Waals surface area contributed by atoms with Crippen LogP contribution in [-0.4, -0.2) is 73.5 Å². The van der Waals surface area contributed by atoms with Gasteiger partial charge in [-0.1, -0.05) is 13.8 Å². The normalized spacial score (nSPS) is 24.4. The predicted octanol–water partition coefficient (Wildman–Crippen LogP) is 1.52. The molecule has 4 heteroatoms. The summed E-state index contributed by atoms with van der Waals surface area (Å²) < 4.78 is 0. The molecule has 116 valence electrons. The largest absolute Gasteiger partial charge is 0.304 e. The zero-order chi connectivity index (χ0) is 14.5. The van der Waals surface area contributed by atoms with Gasteiger partial charge in [-0.15, -0.1) is 0 Å². The van der Waals surface area contributed by atoms with Crippen molar-refractivity contribution in [3.63, 3.8) is 0 Å². The molecule has 2 rings (SSSR count). The van der Waals surface area contributed by atoms with Crippen LogP contribution >= 0.6 is 0 Å². The summed E-state index contributed by atoms with van der Waals surface area (Å²) in [7, 11) is 2.20. The third-order valence-electron chi connectivity index (χ3n) is 4.65. The van der Waals surface area contributed by atoms with Crippen molar-refractivity contribution in [3.8, 4) is 0 Å². The van der Waals surface area contributed by atoms with Gasteiger partial charge in [-0.05, 0) is 25.8 Å². The zero-order valence-electron chi connectivity index (χ0n) is 13.5. The molecule has 0 unspecified atom stereocenters. The van der Waals surface area contributed by atoms with E-state index >= 15 is 0 Å². The molecule has 0 spiro atoms. The van der Waals surface area contributed by atoms with Crippen molar-refractivity contribution < 1.29 is 4.79 Å². The van der Waals surface area contributed by atoms with Crippen LogP contribution in [0.2, 0.25) is 0 Å². The Morgan fingerprint density at radius 3 is 2.10 bits per heavy atom. The van der Waals surface area contributed by atoms with Crippen LogP contribution < -0.4 is 0 Å². The van der Waals surface area contributed by atoms with Crippen molar-refractivity contribution in [2.75, 3.05) is 53.0 Å². The van der Waals surface area contributed by atoms with E-state index in [0.29, 0.717) is 17.6 Å². The fourth-order valence-corrected chi connectivity index (χ4v) is 3.24. The number of ketones is 1. The number of likely N-dealkylation sites (tertiary alicyclic amines) is 1. The summed E-state index contributed by atoms with van der Waals surface area (Å²) >= 11 is 0. The number of hydrogen-bond donors (Lipinski definition) is 0. The topological polar surface area (TPSA) is 26.8 Å².